The topological polar surface area (TPSA) is 67.8 Å². The van der Waals surface area contributed by atoms with Crippen LogP contribution in [0.4, 0.5) is 4.39 Å². The number of rotatable bonds is 6. The van der Waals surface area contributed by atoms with Gasteiger partial charge in [-0.25, -0.2) is 4.39 Å². The molecule has 7 heteroatoms. The van der Waals surface area contributed by atoms with Gasteiger partial charge in [0.25, 0.3) is 10.0 Å². The molecule has 2 aromatic carbocycles. The van der Waals surface area contributed by atoms with Crippen LogP contribution < -0.4 is 9.57 Å². The average Bonchev–Trinajstić information content (AvgIpc) is 2.54. The number of ether oxygens (including phenoxy) is 1. The van der Waals surface area contributed by atoms with Crippen molar-refractivity contribution < 1.29 is 17.5 Å². The van der Waals surface area contributed by atoms with Crippen LogP contribution in [0.1, 0.15) is 19.4 Å². The Morgan fingerprint density at radius 1 is 1.17 bits per heavy atom. The Kier molecular flexibility index (Phi) is 5.33. The predicted octanol–water partition coefficient (Wildman–Crippen LogP) is 2.93. The summed E-state index contributed by atoms with van der Waals surface area (Å²) in [6.45, 7) is 3.86. The number of hydrogen-bond donors (Lipinski definition) is 1. The molecule has 2 rings (SSSR count). The van der Waals surface area contributed by atoms with Gasteiger partial charge in [0, 0.05) is 5.56 Å². The van der Waals surface area contributed by atoms with E-state index < -0.39 is 15.8 Å². The fraction of sp³-hybridized carbons (Fsp3) is 0.188. The van der Waals surface area contributed by atoms with E-state index in [-0.39, 0.29) is 16.2 Å². The Bertz CT molecular complexity index is 802. The molecule has 1 N–H and O–H groups in total. The van der Waals surface area contributed by atoms with Crippen molar-refractivity contribution in [2.75, 3.05) is 6.61 Å². The minimum atomic E-state index is -3.82. The number of nitrogens with one attached hydrogen (secondary N) is 1. The van der Waals surface area contributed by atoms with Gasteiger partial charge in [-0.3, -0.25) is 0 Å². The number of sulfonamides is 1. The van der Waals surface area contributed by atoms with Crippen LogP contribution in [0.15, 0.2) is 58.5 Å². The maximum absolute atomic E-state index is 13.6. The molecule has 2 aromatic rings. The second-order valence-electron chi connectivity index (χ2n) is 4.68. The van der Waals surface area contributed by atoms with Crippen LogP contribution in [-0.4, -0.2) is 20.7 Å². The maximum atomic E-state index is 13.6. The third kappa shape index (κ3) is 4.29. The quantitative estimate of drug-likeness (QED) is 0.651. The number of benzene rings is 2. The summed E-state index contributed by atoms with van der Waals surface area (Å²) in [6.07, 6.45) is 0. The van der Waals surface area contributed by atoms with Gasteiger partial charge in [0.2, 0.25) is 0 Å². The van der Waals surface area contributed by atoms with Crippen molar-refractivity contribution in [1.29, 1.82) is 0 Å². The molecule has 0 heterocycles. The van der Waals surface area contributed by atoms with E-state index in [1.54, 1.807) is 24.3 Å². The van der Waals surface area contributed by atoms with E-state index in [1.807, 2.05) is 6.92 Å². The van der Waals surface area contributed by atoms with Crippen molar-refractivity contribution in [2.24, 2.45) is 5.10 Å². The molecule has 0 saturated heterocycles. The maximum Gasteiger partial charge on any atom is 0.276 e. The molecule has 0 amide bonds. The van der Waals surface area contributed by atoms with Crippen LogP contribution in [0.5, 0.6) is 5.75 Å². The fourth-order valence-electron chi connectivity index (χ4n) is 1.88. The van der Waals surface area contributed by atoms with Crippen molar-refractivity contribution in [2.45, 2.75) is 18.7 Å². The van der Waals surface area contributed by atoms with Crippen LogP contribution in [0.25, 0.3) is 0 Å². The zero-order valence-electron chi connectivity index (χ0n) is 12.8. The lowest BCUT2D eigenvalue weighted by Gasteiger charge is -2.07. The lowest BCUT2D eigenvalue weighted by molar-refractivity contribution is 0.340. The van der Waals surface area contributed by atoms with Gasteiger partial charge in [-0.05, 0) is 44.2 Å². The molecule has 0 bridgehead atoms. The van der Waals surface area contributed by atoms with E-state index in [1.165, 1.54) is 31.2 Å². The van der Waals surface area contributed by atoms with E-state index in [0.717, 1.165) is 0 Å². The first-order chi connectivity index (χ1) is 10.9. The van der Waals surface area contributed by atoms with E-state index >= 15 is 0 Å². The first kappa shape index (κ1) is 17.0. The minimum absolute atomic E-state index is 0.0473. The van der Waals surface area contributed by atoms with E-state index in [4.69, 9.17) is 4.74 Å². The zero-order chi connectivity index (χ0) is 16.9. The molecule has 0 spiro atoms. The summed E-state index contributed by atoms with van der Waals surface area (Å²) in [4.78, 5) is 2.15. The SMILES string of the molecule is CCOc1ccc(S(=O)(=O)NN=C(C)c2ccccc2F)cc1. The Labute approximate surface area is 134 Å². The van der Waals surface area contributed by atoms with Crippen molar-refractivity contribution in [3.8, 4) is 5.75 Å². The summed E-state index contributed by atoms with van der Waals surface area (Å²) in [5.74, 6) is 0.117. The minimum Gasteiger partial charge on any atom is -0.494 e. The van der Waals surface area contributed by atoms with Crippen molar-refractivity contribution in [3.63, 3.8) is 0 Å². The third-order valence-electron chi connectivity index (χ3n) is 3.04. The average molecular weight is 336 g/mol. The van der Waals surface area contributed by atoms with Crippen LogP contribution in [0.2, 0.25) is 0 Å². The molecule has 5 nitrogen and oxygen atoms in total. The molecule has 0 atom stereocenters. The van der Waals surface area contributed by atoms with Crippen LogP contribution in [-0.2, 0) is 10.0 Å². The second kappa shape index (κ2) is 7.23. The summed E-state index contributed by atoms with van der Waals surface area (Å²) in [7, 11) is -3.82. The summed E-state index contributed by atoms with van der Waals surface area (Å²) in [5, 5.41) is 3.77. The van der Waals surface area contributed by atoms with Gasteiger partial charge in [0.15, 0.2) is 0 Å². The van der Waals surface area contributed by atoms with Crippen molar-refractivity contribution in [3.05, 3.63) is 59.9 Å². The molecule has 0 aliphatic heterocycles. The largest absolute Gasteiger partial charge is 0.494 e. The van der Waals surface area contributed by atoms with E-state index in [2.05, 4.69) is 9.93 Å². The highest BCUT2D eigenvalue weighted by atomic mass is 32.2. The van der Waals surface area contributed by atoms with Gasteiger partial charge in [-0.1, -0.05) is 18.2 Å². The van der Waals surface area contributed by atoms with E-state index in [0.29, 0.717) is 12.4 Å². The first-order valence-electron chi connectivity index (χ1n) is 6.98. The van der Waals surface area contributed by atoms with Crippen molar-refractivity contribution in [1.82, 2.24) is 4.83 Å². The van der Waals surface area contributed by atoms with Gasteiger partial charge in [0.05, 0.1) is 17.2 Å². The Hall–Kier alpha value is -2.41. The fourth-order valence-corrected chi connectivity index (χ4v) is 2.73. The Balaban J connectivity index is 2.18. The molecule has 0 saturated carbocycles. The highest BCUT2D eigenvalue weighted by Gasteiger charge is 2.13. The summed E-state index contributed by atoms with van der Waals surface area (Å²) in [5.41, 5.74) is 0.472. The van der Waals surface area contributed by atoms with Crippen LogP contribution in [0.3, 0.4) is 0 Å². The van der Waals surface area contributed by atoms with Gasteiger partial charge in [-0.15, -0.1) is 0 Å². The summed E-state index contributed by atoms with van der Waals surface area (Å²) >= 11 is 0. The van der Waals surface area contributed by atoms with Gasteiger partial charge in [0.1, 0.15) is 11.6 Å². The molecule has 23 heavy (non-hydrogen) atoms. The number of hydrogen-bond acceptors (Lipinski definition) is 4. The second-order valence-corrected chi connectivity index (χ2v) is 6.34. The molecule has 0 fully saturated rings. The number of halogens is 1. The Morgan fingerprint density at radius 2 is 1.83 bits per heavy atom. The molecule has 0 aliphatic carbocycles. The standard InChI is InChI=1S/C16H17FN2O3S/c1-3-22-13-8-10-14(11-9-13)23(20,21)19-18-12(2)15-6-4-5-7-16(15)17/h4-11,19H,3H2,1-2H3. The third-order valence-corrected chi connectivity index (χ3v) is 4.27. The summed E-state index contributed by atoms with van der Waals surface area (Å²) < 4.78 is 43.2. The highest BCUT2D eigenvalue weighted by molar-refractivity contribution is 7.89. The highest BCUT2D eigenvalue weighted by Crippen LogP contribution is 2.16. The normalized spacial score (nSPS) is 12.0. The lowest BCUT2D eigenvalue weighted by Crippen LogP contribution is -2.20. The van der Waals surface area contributed by atoms with Gasteiger partial charge < -0.3 is 4.74 Å². The van der Waals surface area contributed by atoms with Gasteiger partial charge >= 0.3 is 0 Å². The number of nitrogens with zero attached hydrogens (tertiary/aromatic N) is 1. The molecule has 0 radical (unpaired) electrons. The number of hydrazone groups is 1. The molecule has 0 unspecified atom stereocenters. The predicted molar refractivity (Wildman–Crippen MR) is 86.5 cm³/mol. The molecule has 122 valence electrons. The monoisotopic (exact) mass is 336 g/mol. The van der Waals surface area contributed by atoms with Crippen LogP contribution in [0, 0.1) is 5.82 Å². The molecule has 0 aromatic heterocycles. The first-order valence-corrected chi connectivity index (χ1v) is 8.46. The van der Waals surface area contributed by atoms with E-state index in [9.17, 15) is 12.8 Å². The lowest BCUT2D eigenvalue weighted by atomic mass is 10.1. The Morgan fingerprint density at radius 3 is 2.43 bits per heavy atom. The molecular weight excluding hydrogens is 319 g/mol. The summed E-state index contributed by atoms with van der Waals surface area (Å²) in [6, 6.07) is 12.0. The molecule has 0 aliphatic rings. The van der Waals surface area contributed by atoms with Crippen LogP contribution >= 0.6 is 0 Å². The van der Waals surface area contributed by atoms with Gasteiger partial charge in [-0.2, -0.15) is 18.4 Å². The zero-order valence-corrected chi connectivity index (χ0v) is 13.6. The smallest absolute Gasteiger partial charge is 0.276 e. The molecular formula is C16H17FN2O3S. The van der Waals surface area contributed by atoms with Crippen molar-refractivity contribution >= 4 is 15.7 Å².